The summed E-state index contributed by atoms with van der Waals surface area (Å²) in [5.74, 6) is 0.733. The number of rotatable bonds is 1. The number of aryl methyl sites for hydroxylation is 1. The van der Waals surface area contributed by atoms with Crippen LogP contribution >= 0.6 is 11.3 Å². The highest BCUT2D eigenvalue weighted by Crippen LogP contribution is 2.48. The molecule has 1 aromatic heterocycles. The average molecular weight is 237 g/mol. The zero-order valence-electron chi connectivity index (χ0n) is 10.8. The van der Waals surface area contributed by atoms with E-state index in [1.165, 1.54) is 16.2 Å². The van der Waals surface area contributed by atoms with Crippen LogP contribution in [0.2, 0.25) is 0 Å². The largest absolute Gasteiger partial charge is 0.321 e. The second-order valence-electron chi connectivity index (χ2n) is 6.42. The molecular weight excluding hydrogens is 214 g/mol. The minimum atomic E-state index is -0.0832. The minimum absolute atomic E-state index is 0.0832. The Kier molecular flexibility index (Phi) is 2.92. The molecule has 0 spiro atoms. The Bertz CT molecular complexity index is 380. The van der Waals surface area contributed by atoms with Gasteiger partial charge in [0.15, 0.2) is 0 Å². The van der Waals surface area contributed by atoms with Gasteiger partial charge in [-0.05, 0) is 49.7 Å². The van der Waals surface area contributed by atoms with Crippen LogP contribution in [0.4, 0.5) is 0 Å². The fraction of sp³-hybridized carbons (Fsp3) is 0.714. The SMILES string of the molecule is Cc1ccc(C2(N)CC(C)CC(C)(C)C2)s1. The summed E-state index contributed by atoms with van der Waals surface area (Å²) in [7, 11) is 0. The summed E-state index contributed by atoms with van der Waals surface area (Å²) in [6.45, 7) is 9.20. The van der Waals surface area contributed by atoms with Gasteiger partial charge >= 0.3 is 0 Å². The first-order chi connectivity index (χ1) is 7.31. The maximum Gasteiger partial charge on any atom is 0.0511 e. The third-order valence-corrected chi connectivity index (χ3v) is 4.86. The van der Waals surface area contributed by atoms with Crippen LogP contribution in [-0.2, 0) is 5.54 Å². The van der Waals surface area contributed by atoms with Gasteiger partial charge in [-0.2, -0.15) is 0 Å². The third kappa shape index (κ3) is 2.33. The van der Waals surface area contributed by atoms with Crippen molar-refractivity contribution in [3.05, 3.63) is 21.9 Å². The lowest BCUT2D eigenvalue weighted by molar-refractivity contribution is 0.109. The topological polar surface area (TPSA) is 26.0 Å². The summed E-state index contributed by atoms with van der Waals surface area (Å²) in [5, 5.41) is 0. The first-order valence-corrected chi connectivity index (χ1v) is 6.98. The molecule has 0 amide bonds. The average Bonchev–Trinajstić information content (AvgIpc) is 2.47. The monoisotopic (exact) mass is 237 g/mol. The van der Waals surface area contributed by atoms with E-state index in [0.717, 1.165) is 18.8 Å². The molecule has 1 saturated carbocycles. The lowest BCUT2D eigenvalue weighted by atomic mass is 9.64. The van der Waals surface area contributed by atoms with Crippen LogP contribution in [0.15, 0.2) is 12.1 Å². The molecule has 2 rings (SSSR count). The molecule has 0 radical (unpaired) electrons. The molecule has 2 atom stereocenters. The Balaban J connectivity index is 2.30. The van der Waals surface area contributed by atoms with Crippen molar-refractivity contribution >= 4 is 11.3 Å². The van der Waals surface area contributed by atoms with Crippen molar-refractivity contribution in [3.8, 4) is 0 Å². The molecule has 0 aliphatic heterocycles. The van der Waals surface area contributed by atoms with E-state index in [1.54, 1.807) is 0 Å². The van der Waals surface area contributed by atoms with E-state index in [0.29, 0.717) is 5.41 Å². The van der Waals surface area contributed by atoms with Gasteiger partial charge in [0.2, 0.25) is 0 Å². The number of hydrogen-bond donors (Lipinski definition) is 1. The van der Waals surface area contributed by atoms with E-state index in [9.17, 15) is 0 Å². The van der Waals surface area contributed by atoms with Crippen molar-refractivity contribution in [2.24, 2.45) is 17.1 Å². The van der Waals surface area contributed by atoms with Gasteiger partial charge in [-0.15, -0.1) is 11.3 Å². The lowest BCUT2D eigenvalue weighted by Gasteiger charge is -2.45. The molecule has 90 valence electrons. The van der Waals surface area contributed by atoms with Crippen LogP contribution in [0, 0.1) is 18.3 Å². The van der Waals surface area contributed by atoms with E-state index in [-0.39, 0.29) is 5.54 Å². The quantitative estimate of drug-likeness (QED) is 0.783. The van der Waals surface area contributed by atoms with Gasteiger partial charge < -0.3 is 5.73 Å². The zero-order chi connectivity index (χ0) is 12.0. The fourth-order valence-corrected chi connectivity index (χ4v) is 4.50. The molecule has 2 unspecified atom stereocenters. The Hall–Kier alpha value is -0.340. The highest BCUT2D eigenvalue weighted by atomic mass is 32.1. The summed E-state index contributed by atoms with van der Waals surface area (Å²) in [6, 6.07) is 4.43. The molecule has 1 aliphatic rings. The number of nitrogens with two attached hydrogens (primary N) is 1. The van der Waals surface area contributed by atoms with E-state index >= 15 is 0 Å². The normalized spacial score (nSPS) is 33.9. The van der Waals surface area contributed by atoms with Crippen LogP contribution in [0.1, 0.15) is 49.8 Å². The summed E-state index contributed by atoms with van der Waals surface area (Å²) < 4.78 is 0. The predicted molar refractivity (Wildman–Crippen MR) is 71.7 cm³/mol. The summed E-state index contributed by atoms with van der Waals surface area (Å²) in [4.78, 5) is 2.75. The van der Waals surface area contributed by atoms with E-state index in [2.05, 4.69) is 39.8 Å². The van der Waals surface area contributed by atoms with Gasteiger partial charge in [0.05, 0.1) is 5.54 Å². The van der Waals surface area contributed by atoms with Gasteiger partial charge in [-0.3, -0.25) is 0 Å². The maximum atomic E-state index is 6.67. The molecular formula is C14H23NS. The van der Waals surface area contributed by atoms with E-state index < -0.39 is 0 Å². The highest BCUT2D eigenvalue weighted by Gasteiger charge is 2.41. The first kappa shape index (κ1) is 12.1. The second kappa shape index (κ2) is 3.85. The number of hydrogen-bond acceptors (Lipinski definition) is 2. The molecule has 2 N–H and O–H groups in total. The zero-order valence-corrected chi connectivity index (χ0v) is 11.7. The lowest BCUT2D eigenvalue weighted by Crippen LogP contribution is -2.46. The third-order valence-electron chi connectivity index (χ3n) is 3.64. The molecule has 2 heteroatoms. The van der Waals surface area contributed by atoms with Crippen molar-refractivity contribution in [3.63, 3.8) is 0 Å². The van der Waals surface area contributed by atoms with Gasteiger partial charge in [0.25, 0.3) is 0 Å². The first-order valence-electron chi connectivity index (χ1n) is 6.17. The Morgan fingerprint density at radius 3 is 2.50 bits per heavy atom. The van der Waals surface area contributed by atoms with Crippen molar-refractivity contribution in [2.75, 3.05) is 0 Å². The molecule has 1 aliphatic carbocycles. The summed E-state index contributed by atoms with van der Waals surface area (Å²) in [5.41, 5.74) is 6.97. The van der Waals surface area contributed by atoms with Crippen LogP contribution in [0.5, 0.6) is 0 Å². The van der Waals surface area contributed by atoms with Crippen LogP contribution in [0.25, 0.3) is 0 Å². The molecule has 16 heavy (non-hydrogen) atoms. The minimum Gasteiger partial charge on any atom is -0.321 e. The van der Waals surface area contributed by atoms with Crippen LogP contribution in [-0.4, -0.2) is 0 Å². The molecule has 1 fully saturated rings. The van der Waals surface area contributed by atoms with E-state index in [1.807, 2.05) is 11.3 Å². The molecule has 0 saturated heterocycles. The second-order valence-corrected chi connectivity index (χ2v) is 7.71. The smallest absolute Gasteiger partial charge is 0.0511 e. The predicted octanol–water partition coefficient (Wildman–Crippen LogP) is 4.06. The summed E-state index contributed by atoms with van der Waals surface area (Å²) in [6.07, 6.45) is 3.55. The van der Waals surface area contributed by atoms with Crippen molar-refractivity contribution in [2.45, 2.75) is 52.5 Å². The van der Waals surface area contributed by atoms with Crippen LogP contribution in [0.3, 0.4) is 0 Å². The number of thiophene rings is 1. The van der Waals surface area contributed by atoms with Crippen molar-refractivity contribution in [1.82, 2.24) is 0 Å². The van der Waals surface area contributed by atoms with Gasteiger partial charge in [-0.1, -0.05) is 20.8 Å². The molecule has 0 bridgehead atoms. The summed E-state index contributed by atoms with van der Waals surface area (Å²) >= 11 is 1.87. The Morgan fingerprint density at radius 1 is 1.31 bits per heavy atom. The highest BCUT2D eigenvalue weighted by molar-refractivity contribution is 7.12. The van der Waals surface area contributed by atoms with E-state index in [4.69, 9.17) is 5.73 Å². The van der Waals surface area contributed by atoms with Gasteiger partial charge in [0, 0.05) is 9.75 Å². The molecule has 1 nitrogen and oxygen atoms in total. The standard InChI is InChI=1S/C14H23NS/c1-10-7-13(3,4)9-14(15,8-10)12-6-5-11(2)16-12/h5-6,10H,7-9,15H2,1-4H3. The maximum absolute atomic E-state index is 6.67. The van der Waals surface area contributed by atoms with Crippen LogP contribution < -0.4 is 5.73 Å². The van der Waals surface area contributed by atoms with Gasteiger partial charge in [0.1, 0.15) is 0 Å². The molecule has 0 aromatic carbocycles. The molecule has 1 aromatic rings. The van der Waals surface area contributed by atoms with Gasteiger partial charge in [-0.25, -0.2) is 0 Å². The van der Waals surface area contributed by atoms with Crippen molar-refractivity contribution in [1.29, 1.82) is 0 Å². The molecule has 1 heterocycles. The van der Waals surface area contributed by atoms with Crippen molar-refractivity contribution < 1.29 is 0 Å². The fourth-order valence-electron chi connectivity index (χ4n) is 3.53. The Labute approximate surface area is 103 Å². The Morgan fingerprint density at radius 2 is 2.00 bits per heavy atom.